The second-order valence-electron chi connectivity index (χ2n) is 4.60. The number of para-hydroxylation sites is 2. The lowest BCUT2D eigenvalue weighted by Crippen LogP contribution is -2.10. The molecule has 1 amide bonds. The first-order valence-electron chi connectivity index (χ1n) is 6.80. The van der Waals surface area contributed by atoms with Crippen LogP contribution in [0.1, 0.15) is 15.4 Å². The number of carbonyl (C=O) groups is 1. The van der Waals surface area contributed by atoms with Gasteiger partial charge in [-0.1, -0.05) is 12.1 Å². The number of nitrogens with zero attached hydrogens (tertiary/aromatic N) is 1. The van der Waals surface area contributed by atoms with Gasteiger partial charge in [0.2, 0.25) is 0 Å². The minimum Gasteiger partial charge on any atom is -0.493 e. The third-order valence-electron chi connectivity index (χ3n) is 2.93. The molecule has 0 unspecified atom stereocenters. The summed E-state index contributed by atoms with van der Waals surface area (Å²) in [4.78, 5) is 17.2. The number of aromatic nitrogens is 1. The molecule has 0 aliphatic rings. The van der Waals surface area contributed by atoms with E-state index in [4.69, 9.17) is 13.9 Å². The summed E-state index contributed by atoms with van der Waals surface area (Å²) in [6.45, 7) is 1.92. The molecule has 2 heterocycles. The van der Waals surface area contributed by atoms with E-state index >= 15 is 0 Å². The number of thiazole rings is 1. The van der Waals surface area contributed by atoms with E-state index < -0.39 is 0 Å². The summed E-state index contributed by atoms with van der Waals surface area (Å²) in [7, 11) is 1.55. The fourth-order valence-electron chi connectivity index (χ4n) is 1.88. The Morgan fingerprint density at radius 2 is 2.00 bits per heavy atom. The molecule has 0 radical (unpaired) electrons. The molecule has 0 spiro atoms. The Bertz CT molecular complexity index is 825. The van der Waals surface area contributed by atoms with Gasteiger partial charge in [0.25, 0.3) is 11.9 Å². The lowest BCUT2D eigenvalue weighted by Gasteiger charge is -2.07. The number of hydrogen-bond donors (Lipinski definition) is 1. The van der Waals surface area contributed by atoms with Crippen LogP contribution in [0.25, 0.3) is 0 Å². The van der Waals surface area contributed by atoms with Crippen molar-refractivity contribution in [2.24, 2.45) is 0 Å². The van der Waals surface area contributed by atoms with E-state index in [0.717, 1.165) is 4.88 Å². The van der Waals surface area contributed by atoms with Crippen LogP contribution in [0.5, 0.6) is 17.4 Å². The highest BCUT2D eigenvalue weighted by Crippen LogP contribution is 2.32. The van der Waals surface area contributed by atoms with Crippen LogP contribution in [0.4, 0.5) is 5.13 Å². The fraction of sp³-hybridized carbons (Fsp3) is 0.125. The third kappa shape index (κ3) is 3.51. The summed E-state index contributed by atoms with van der Waals surface area (Å²) in [5.41, 5.74) is 0. The highest BCUT2D eigenvalue weighted by molar-refractivity contribution is 7.15. The van der Waals surface area contributed by atoms with Crippen molar-refractivity contribution < 1.29 is 18.7 Å². The summed E-state index contributed by atoms with van der Waals surface area (Å²) in [5, 5.41) is 3.20. The normalized spacial score (nSPS) is 10.3. The van der Waals surface area contributed by atoms with Crippen LogP contribution in [-0.2, 0) is 0 Å². The third-order valence-corrected chi connectivity index (χ3v) is 3.75. The first-order chi connectivity index (χ1) is 11.2. The number of hydrogen-bond acceptors (Lipinski definition) is 6. The van der Waals surface area contributed by atoms with Gasteiger partial charge in [-0.05, 0) is 25.1 Å². The molecule has 0 aliphatic carbocycles. The highest BCUT2D eigenvalue weighted by Gasteiger charge is 2.15. The molecule has 0 saturated carbocycles. The molecule has 7 heteroatoms. The molecule has 1 aromatic carbocycles. The number of rotatable bonds is 5. The molecule has 118 valence electrons. The molecular weight excluding hydrogens is 316 g/mol. The van der Waals surface area contributed by atoms with Gasteiger partial charge in [0.15, 0.2) is 22.4 Å². The van der Waals surface area contributed by atoms with Crippen molar-refractivity contribution in [1.82, 2.24) is 4.98 Å². The first-order valence-corrected chi connectivity index (χ1v) is 7.62. The van der Waals surface area contributed by atoms with Crippen LogP contribution >= 0.6 is 11.3 Å². The lowest BCUT2D eigenvalue weighted by atomic mass is 10.3. The first kappa shape index (κ1) is 15.1. The van der Waals surface area contributed by atoms with E-state index in [1.165, 1.54) is 11.3 Å². The van der Waals surface area contributed by atoms with Gasteiger partial charge in [-0.15, -0.1) is 11.3 Å². The zero-order valence-corrected chi connectivity index (χ0v) is 13.3. The van der Waals surface area contributed by atoms with E-state index in [-0.39, 0.29) is 17.6 Å². The van der Waals surface area contributed by atoms with E-state index in [0.29, 0.717) is 16.6 Å². The van der Waals surface area contributed by atoms with Gasteiger partial charge in [-0.2, -0.15) is 0 Å². The topological polar surface area (TPSA) is 73.6 Å². The van der Waals surface area contributed by atoms with Crippen LogP contribution in [0.2, 0.25) is 0 Å². The van der Waals surface area contributed by atoms with Gasteiger partial charge < -0.3 is 13.9 Å². The van der Waals surface area contributed by atoms with Gasteiger partial charge in [-0.3, -0.25) is 10.1 Å². The second kappa shape index (κ2) is 6.53. The number of methoxy groups -OCH3 is 1. The van der Waals surface area contributed by atoms with Crippen molar-refractivity contribution in [2.75, 3.05) is 12.4 Å². The largest absolute Gasteiger partial charge is 0.493 e. The zero-order valence-electron chi connectivity index (χ0n) is 12.5. The molecule has 23 heavy (non-hydrogen) atoms. The Morgan fingerprint density at radius 1 is 1.22 bits per heavy atom. The number of ether oxygens (including phenoxy) is 2. The summed E-state index contributed by atoms with van der Waals surface area (Å²) >= 11 is 1.39. The predicted octanol–water partition coefficient (Wildman–Crippen LogP) is 4.10. The lowest BCUT2D eigenvalue weighted by molar-refractivity contribution is 0.0991. The molecule has 0 aliphatic heterocycles. The predicted molar refractivity (Wildman–Crippen MR) is 86.6 cm³/mol. The average molecular weight is 330 g/mol. The van der Waals surface area contributed by atoms with E-state index in [1.54, 1.807) is 37.6 Å². The highest BCUT2D eigenvalue weighted by atomic mass is 32.1. The van der Waals surface area contributed by atoms with Crippen LogP contribution in [0.15, 0.2) is 47.0 Å². The fourth-order valence-corrected chi connectivity index (χ4v) is 2.54. The van der Waals surface area contributed by atoms with Crippen molar-refractivity contribution in [3.63, 3.8) is 0 Å². The van der Waals surface area contributed by atoms with Crippen molar-refractivity contribution in [2.45, 2.75) is 6.92 Å². The van der Waals surface area contributed by atoms with Gasteiger partial charge in [0.05, 0.1) is 7.11 Å². The number of carbonyl (C=O) groups excluding carboxylic acids is 1. The number of aryl methyl sites for hydroxylation is 1. The zero-order chi connectivity index (χ0) is 16.2. The smallest absolute Gasteiger partial charge is 0.293 e. The Balaban J connectivity index is 1.71. The Morgan fingerprint density at radius 3 is 2.70 bits per heavy atom. The van der Waals surface area contributed by atoms with E-state index in [1.807, 2.05) is 19.1 Å². The van der Waals surface area contributed by atoms with Crippen LogP contribution in [0.3, 0.4) is 0 Å². The molecule has 0 atom stereocenters. The molecule has 3 aromatic rings. The molecule has 0 fully saturated rings. The molecule has 2 aromatic heterocycles. The maximum atomic E-state index is 12.1. The van der Waals surface area contributed by atoms with Crippen molar-refractivity contribution >= 4 is 22.4 Å². The summed E-state index contributed by atoms with van der Waals surface area (Å²) < 4.78 is 16.2. The Labute approximate surface area is 136 Å². The second-order valence-corrected chi connectivity index (χ2v) is 5.84. The summed E-state index contributed by atoms with van der Waals surface area (Å²) in [6, 6.07) is 10.3. The maximum absolute atomic E-state index is 12.1. The van der Waals surface area contributed by atoms with Gasteiger partial charge >= 0.3 is 0 Å². The minimum atomic E-state index is -0.380. The minimum absolute atomic E-state index is 0.141. The average Bonchev–Trinajstić information content (AvgIpc) is 3.17. The maximum Gasteiger partial charge on any atom is 0.293 e. The summed E-state index contributed by atoms with van der Waals surface area (Å²) in [6.07, 6.45) is 1.69. The van der Waals surface area contributed by atoms with E-state index in [2.05, 4.69) is 10.3 Å². The van der Waals surface area contributed by atoms with E-state index in [9.17, 15) is 4.79 Å². The monoisotopic (exact) mass is 330 g/mol. The Hall–Kier alpha value is -2.80. The molecule has 0 bridgehead atoms. The number of furan rings is 1. The standard InChI is InChI=1S/C16H14N2O4S/c1-10-9-17-16(23-10)18-15(19)13-7-8-14(22-13)21-12-6-4-3-5-11(12)20-2/h3-9H,1-2H3,(H,17,18,19). The SMILES string of the molecule is COc1ccccc1Oc1ccc(C(=O)Nc2ncc(C)s2)o1. The Kier molecular flexibility index (Phi) is 4.29. The molecular formula is C16H14N2O4S. The van der Waals surface area contributed by atoms with Gasteiger partial charge in [0.1, 0.15) is 0 Å². The number of amides is 1. The van der Waals surface area contributed by atoms with Gasteiger partial charge in [0, 0.05) is 17.1 Å². The van der Waals surface area contributed by atoms with Gasteiger partial charge in [-0.25, -0.2) is 4.98 Å². The van der Waals surface area contributed by atoms with Crippen LogP contribution in [-0.4, -0.2) is 18.0 Å². The quantitative estimate of drug-likeness (QED) is 0.762. The number of benzene rings is 1. The number of anilines is 1. The van der Waals surface area contributed by atoms with Crippen LogP contribution in [0, 0.1) is 6.92 Å². The van der Waals surface area contributed by atoms with Crippen molar-refractivity contribution in [3.05, 3.63) is 53.2 Å². The number of nitrogens with one attached hydrogen (secondary N) is 1. The van der Waals surface area contributed by atoms with Crippen LogP contribution < -0.4 is 14.8 Å². The molecule has 0 saturated heterocycles. The summed E-state index contributed by atoms with van der Waals surface area (Å²) in [5.74, 6) is 1.05. The molecule has 3 rings (SSSR count). The van der Waals surface area contributed by atoms with Crippen molar-refractivity contribution in [1.29, 1.82) is 0 Å². The van der Waals surface area contributed by atoms with Crippen molar-refractivity contribution in [3.8, 4) is 17.4 Å². The molecule has 6 nitrogen and oxygen atoms in total. The molecule has 1 N–H and O–H groups in total.